The molecule has 0 fully saturated rings. The van der Waals surface area contributed by atoms with Crippen molar-refractivity contribution in [2.75, 3.05) is 19.3 Å². The van der Waals surface area contributed by atoms with E-state index in [4.69, 9.17) is 0 Å². The number of hydrogen-bond donors (Lipinski definition) is 1. The summed E-state index contributed by atoms with van der Waals surface area (Å²) in [5, 5.41) is 9.86. The molecule has 114 valence electrons. The molecule has 0 aliphatic heterocycles. The van der Waals surface area contributed by atoms with Gasteiger partial charge in [0.1, 0.15) is 0 Å². The molecule has 0 saturated carbocycles. The number of aliphatic hydroxyl groups is 1. The maximum absolute atomic E-state index is 12.4. The molecule has 0 aromatic heterocycles. The number of likely N-dealkylation sites (N-methyl/N-ethyl adjacent to an activating group) is 1. The van der Waals surface area contributed by atoms with Gasteiger partial charge in [-0.3, -0.25) is 0 Å². The minimum absolute atomic E-state index is 0.108. The maximum atomic E-state index is 12.4. The summed E-state index contributed by atoms with van der Waals surface area (Å²) < 4.78 is 61.2. The van der Waals surface area contributed by atoms with Crippen LogP contribution in [0.5, 0.6) is 0 Å². The van der Waals surface area contributed by atoms with Crippen molar-refractivity contribution in [1.29, 1.82) is 0 Å². The van der Waals surface area contributed by atoms with Gasteiger partial charge in [-0.1, -0.05) is 12.1 Å². The molecule has 0 amide bonds. The molecule has 0 aliphatic carbocycles. The van der Waals surface area contributed by atoms with E-state index in [9.17, 15) is 26.7 Å². The van der Waals surface area contributed by atoms with Crippen LogP contribution in [0.25, 0.3) is 0 Å². The van der Waals surface area contributed by atoms with Gasteiger partial charge in [-0.25, -0.2) is 12.7 Å². The van der Waals surface area contributed by atoms with Crippen LogP contribution in [0, 0.1) is 0 Å². The Bertz CT molecular complexity index is 540. The Morgan fingerprint density at radius 3 is 2.15 bits per heavy atom. The van der Waals surface area contributed by atoms with E-state index in [0.29, 0.717) is 0 Å². The Labute approximate surface area is 115 Å². The summed E-state index contributed by atoms with van der Waals surface area (Å²) in [5.41, 5.74) is -0.584. The average Bonchev–Trinajstić information content (AvgIpc) is 2.37. The highest BCUT2D eigenvalue weighted by molar-refractivity contribution is 7.89. The first kappa shape index (κ1) is 16.9. The molecule has 1 aromatic carbocycles. The number of sulfonamides is 1. The zero-order chi connectivity index (χ0) is 15.6. The van der Waals surface area contributed by atoms with Crippen LogP contribution in [0.2, 0.25) is 0 Å². The van der Waals surface area contributed by atoms with Gasteiger partial charge in [-0.2, -0.15) is 13.2 Å². The van der Waals surface area contributed by atoms with E-state index in [-0.39, 0.29) is 17.9 Å². The molecule has 0 heterocycles. The summed E-state index contributed by atoms with van der Waals surface area (Å²) in [6, 6.07) is 3.99. The molecule has 0 spiro atoms. The van der Waals surface area contributed by atoms with Gasteiger partial charge >= 0.3 is 6.18 Å². The third-order valence-corrected chi connectivity index (χ3v) is 4.72. The fraction of sp³-hybridized carbons (Fsp3) is 0.500. The molecule has 1 atom stereocenters. The van der Waals surface area contributed by atoms with Crippen molar-refractivity contribution in [2.45, 2.75) is 19.2 Å². The first-order valence-electron chi connectivity index (χ1n) is 5.87. The summed E-state index contributed by atoms with van der Waals surface area (Å²) in [7, 11) is -2.13. The smallest absolute Gasteiger partial charge is 0.387 e. The number of aliphatic hydroxyl groups excluding tert-OH is 1. The Hall–Kier alpha value is -1.12. The van der Waals surface area contributed by atoms with Crippen LogP contribution in [-0.2, 0) is 16.2 Å². The molecule has 20 heavy (non-hydrogen) atoms. The molecular weight excluding hydrogens is 295 g/mol. The second-order valence-electron chi connectivity index (χ2n) is 4.32. The quantitative estimate of drug-likeness (QED) is 0.905. The molecular formula is C12H16F3NO3S. The molecule has 0 radical (unpaired) electrons. The van der Waals surface area contributed by atoms with Crippen LogP contribution in [0.1, 0.15) is 24.2 Å². The van der Waals surface area contributed by atoms with Crippen molar-refractivity contribution in [3.63, 3.8) is 0 Å². The van der Waals surface area contributed by atoms with Gasteiger partial charge in [0.25, 0.3) is 0 Å². The van der Waals surface area contributed by atoms with Crippen molar-refractivity contribution < 1.29 is 26.7 Å². The Kier molecular flexibility index (Phi) is 5.17. The minimum Gasteiger partial charge on any atom is -0.387 e. The lowest BCUT2D eigenvalue weighted by atomic mass is 10.1. The van der Waals surface area contributed by atoms with Crippen LogP contribution in [-0.4, -0.2) is 37.2 Å². The van der Waals surface area contributed by atoms with Gasteiger partial charge in [-0.05, 0) is 24.6 Å². The fourth-order valence-corrected chi connectivity index (χ4v) is 2.39. The second-order valence-corrected chi connectivity index (χ2v) is 6.68. The van der Waals surface area contributed by atoms with E-state index in [1.807, 2.05) is 0 Å². The van der Waals surface area contributed by atoms with Gasteiger partial charge in [0.15, 0.2) is 0 Å². The third kappa shape index (κ3) is 4.19. The summed E-state index contributed by atoms with van der Waals surface area (Å²) >= 11 is 0. The standard InChI is InChI=1S/C12H16F3NO3S/c1-3-20(18,19)16(2)8-11(17)9-4-6-10(7-5-9)12(13,14)15/h4-7,11,17H,3,8H2,1-2H3. The van der Waals surface area contributed by atoms with E-state index >= 15 is 0 Å². The predicted molar refractivity (Wildman–Crippen MR) is 68.5 cm³/mol. The molecule has 0 saturated heterocycles. The number of hydrogen-bond acceptors (Lipinski definition) is 3. The van der Waals surface area contributed by atoms with Crippen LogP contribution >= 0.6 is 0 Å². The van der Waals surface area contributed by atoms with Crippen molar-refractivity contribution in [1.82, 2.24) is 4.31 Å². The normalized spacial score (nSPS) is 14.6. The molecule has 8 heteroatoms. The minimum atomic E-state index is -4.44. The Morgan fingerprint density at radius 1 is 1.25 bits per heavy atom. The van der Waals surface area contributed by atoms with Gasteiger partial charge in [0.05, 0.1) is 17.4 Å². The Morgan fingerprint density at radius 2 is 1.75 bits per heavy atom. The molecule has 1 rings (SSSR count). The lowest BCUT2D eigenvalue weighted by Crippen LogP contribution is -2.32. The van der Waals surface area contributed by atoms with E-state index in [1.54, 1.807) is 0 Å². The first-order chi connectivity index (χ1) is 9.08. The molecule has 0 bridgehead atoms. The summed E-state index contributed by atoms with van der Waals surface area (Å²) in [5.74, 6) is -0.108. The number of nitrogens with zero attached hydrogens (tertiary/aromatic N) is 1. The highest BCUT2D eigenvalue weighted by Crippen LogP contribution is 2.30. The highest BCUT2D eigenvalue weighted by Gasteiger charge is 2.30. The molecule has 1 N–H and O–H groups in total. The van der Waals surface area contributed by atoms with Crippen molar-refractivity contribution in [3.8, 4) is 0 Å². The van der Waals surface area contributed by atoms with Gasteiger partial charge in [0.2, 0.25) is 10.0 Å². The number of benzene rings is 1. The monoisotopic (exact) mass is 311 g/mol. The van der Waals surface area contributed by atoms with Crippen molar-refractivity contribution in [2.24, 2.45) is 0 Å². The van der Waals surface area contributed by atoms with Crippen LogP contribution in [0.3, 0.4) is 0 Å². The molecule has 1 unspecified atom stereocenters. The van der Waals surface area contributed by atoms with Crippen molar-refractivity contribution >= 4 is 10.0 Å². The highest BCUT2D eigenvalue weighted by atomic mass is 32.2. The van der Waals surface area contributed by atoms with Gasteiger partial charge in [0, 0.05) is 13.6 Å². The summed E-state index contributed by atoms with van der Waals surface area (Å²) in [6.45, 7) is 1.26. The number of alkyl halides is 3. The predicted octanol–water partition coefficient (Wildman–Crippen LogP) is 2.02. The van der Waals surface area contributed by atoms with E-state index in [0.717, 1.165) is 28.6 Å². The lowest BCUT2D eigenvalue weighted by Gasteiger charge is -2.20. The summed E-state index contributed by atoms with van der Waals surface area (Å²) in [4.78, 5) is 0. The van der Waals surface area contributed by atoms with Gasteiger partial charge in [-0.15, -0.1) is 0 Å². The zero-order valence-corrected chi connectivity index (χ0v) is 11.9. The van der Waals surface area contributed by atoms with E-state index in [2.05, 4.69) is 0 Å². The van der Waals surface area contributed by atoms with E-state index < -0.39 is 27.9 Å². The summed E-state index contributed by atoms with van der Waals surface area (Å²) in [6.07, 6.45) is -5.62. The molecule has 0 aliphatic rings. The van der Waals surface area contributed by atoms with Gasteiger partial charge < -0.3 is 5.11 Å². The fourth-order valence-electron chi connectivity index (χ4n) is 1.58. The molecule has 1 aromatic rings. The zero-order valence-electron chi connectivity index (χ0n) is 11.1. The second kappa shape index (κ2) is 6.11. The van der Waals surface area contributed by atoms with E-state index in [1.165, 1.54) is 14.0 Å². The maximum Gasteiger partial charge on any atom is 0.416 e. The van der Waals surface area contributed by atoms with Crippen LogP contribution in [0.15, 0.2) is 24.3 Å². The van der Waals surface area contributed by atoms with Crippen LogP contribution < -0.4 is 0 Å². The largest absolute Gasteiger partial charge is 0.416 e. The first-order valence-corrected chi connectivity index (χ1v) is 7.48. The third-order valence-electron chi connectivity index (χ3n) is 2.89. The van der Waals surface area contributed by atoms with Crippen molar-refractivity contribution in [3.05, 3.63) is 35.4 Å². The molecule has 4 nitrogen and oxygen atoms in total. The number of rotatable bonds is 5. The SMILES string of the molecule is CCS(=O)(=O)N(C)CC(O)c1ccc(C(F)(F)F)cc1. The Balaban J connectivity index is 2.81. The number of halogens is 3. The lowest BCUT2D eigenvalue weighted by molar-refractivity contribution is -0.137. The average molecular weight is 311 g/mol. The van der Waals surface area contributed by atoms with Crippen LogP contribution in [0.4, 0.5) is 13.2 Å². The topological polar surface area (TPSA) is 57.6 Å².